The molecule has 0 aliphatic carbocycles. The number of carbonyl (C=O) groups is 2. The van der Waals surface area contributed by atoms with Crippen molar-refractivity contribution in [3.8, 4) is 0 Å². The molecular weight excluding hydrogens is 456 g/mol. The van der Waals surface area contributed by atoms with E-state index in [1.54, 1.807) is 25.3 Å². The number of hydrogen-bond donors (Lipinski definition) is 5. The molecule has 5 N–H and O–H groups in total. The Labute approximate surface area is 210 Å². The van der Waals surface area contributed by atoms with E-state index in [2.05, 4.69) is 49.8 Å². The van der Waals surface area contributed by atoms with E-state index in [-0.39, 0.29) is 17.1 Å². The zero-order chi connectivity index (χ0) is 25.7. The van der Waals surface area contributed by atoms with Gasteiger partial charge in [-0.05, 0) is 63.9 Å². The summed E-state index contributed by atoms with van der Waals surface area (Å²) in [6.45, 7) is 8.54. The average molecular weight is 489 g/mol. The van der Waals surface area contributed by atoms with Crippen LogP contribution in [-0.2, 0) is 4.79 Å². The van der Waals surface area contributed by atoms with E-state index in [1.807, 2.05) is 24.5 Å². The summed E-state index contributed by atoms with van der Waals surface area (Å²) < 4.78 is 0. The highest BCUT2D eigenvalue weighted by Gasteiger charge is 2.31. The maximum absolute atomic E-state index is 13.0. The van der Waals surface area contributed by atoms with Crippen molar-refractivity contribution >= 4 is 23.1 Å². The molecule has 0 saturated carbocycles. The van der Waals surface area contributed by atoms with Crippen LogP contribution in [0.3, 0.4) is 0 Å². The number of anilines is 1. The summed E-state index contributed by atoms with van der Waals surface area (Å²) >= 11 is 0. The van der Waals surface area contributed by atoms with Crippen LogP contribution in [0.2, 0.25) is 0 Å². The second-order valence-corrected chi connectivity index (χ2v) is 9.52. The minimum absolute atomic E-state index is 0.0851. The first-order valence-corrected chi connectivity index (χ1v) is 12.0. The van der Waals surface area contributed by atoms with Gasteiger partial charge in [0.2, 0.25) is 0 Å². The number of aryl methyl sites for hydroxylation is 1. The number of pyridine rings is 1. The molecule has 2 aromatic heterocycles. The van der Waals surface area contributed by atoms with Crippen LogP contribution in [0, 0.1) is 12.5 Å². The molecule has 4 rings (SSSR count). The van der Waals surface area contributed by atoms with E-state index < -0.39 is 5.91 Å². The van der Waals surface area contributed by atoms with Crippen LogP contribution in [0.5, 0.6) is 0 Å². The average Bonchev–Trinajstić information content (AvgIpc) is 3.51. The molecule has 36 heavy (non-hydrogen) atoms. The van der Waals surface area contributed by atoms with E-state index in [0.717, 1.165) is 30.6 Å². The third kappa shape index (κ3) is 5.60. The number of nitrogens with zero attached hydrogens (tertiary/aromatic N) is 3. The maximum Gasteiger partial charge on any atom is 0.278 e. The van der Waals surface area contributed by atoms with Gasteiger partial charge in [-0.25, -0.2) is 5.53 Å². The van der Waals surface area contributed by atoms with E-state index in [4.69, 9.17) is 5.53 Å². The summed E-state index contributed by atoms with van der Waals surface area (Å²) in [4.78, 5) is 35.3. The monoisotopic (exact) mass is 488 g/mol. The molecule has 188 valence electrons. The Morgan fingerprint density at radius 3 is 2.78 bits per heavy atom. The predicted octanol–water partition coefficient (Wildman–Crippen LogP) is 3.70. The maximum atomic E-state index is 13.0. The topological polar surface area (TPSA) is 138 Å². The molecule has 2 aliphatic rings. The van der Waals surface area contributed by atoms with E-state index >= 15 is 0 Å². The van der Waals surface area contributed by atoms with Crippen molar-refractivity contribution in [3.05, 3.63) is 77.3 Å². The summed E-state index contributed by atoms with van der Waals surface area (Å²) in [5, 5.41) is 12.2. The number of allylic oxidation sites excluding steroid dienone is 3. The van der Waals surface area contributed by atoms with Gasteiger partial charge in [0.1, 0.15) is 0 Å². The van der Waals surface area contributed by atoms with Crippen molar-refractivity contribution in [3.63, 3.8) is 0 Å². The van der Waals surface area contributed by atoms with Crippen LogP contribution in [-0.4, -0.2) is 51.9 Å². The number of amides is 2. The summed E-state index contributed by atoms with van der Waals surface area (Å²) in [6.07, 6.45) is 12.8. The molecule has 1 fully saturated rings. The Hall–Kier alpha value is -4.05. The standard InChI is InChI=1S/C26H32N8O2/c1-17-22(13-20(16-30-17)24(35)29-10-12-34-11-4-8-26(34,2)3)32-25(36)23(33-27)21-6-5-18(15-31-21)19-7-9-28-14-19/h5-7,9,13-16,27-28,31H,4,8,10-12H2,1-3H3,(H,29,35)(H,32,36)/b23-21-,33-27?. The lowest BCUT2D eigenvalue weighted by Gasteiger charge is -2.31. The first kappa shape index (κ1) is 25.1. The molecule has 0 bridgehead atoms. The van der Waals surface area contributed by atoms with Crippen LogP contribution in [0.15, 0.2) is 65.6 Å². The van der Waals surface area contributed by atoms with E-state index in [9.17, 15) is 9.59 Å². The van der Waals surface area contributed by atoms with Crippen LogP contribution in [0.25, 0.3) is 5.57 Å². The highest BCUT2D eigenvalue weighted by Crippen LogP contribution is 2.27. The van der Waals surface area contributed by atoms with Gasteiger partial charge in [0.15, 0.2) is 5.70 Å². The van der Waals surface area contributed by atoms with Gasteiger partial charge in [-0.15, -0.1) is 0 Å². The number of dihydropyridines is 1. The fourth-order valence-corrected chi connectivity index (χ4v) is 4.44. The summed E-state index contributed by atoms with van der Waals surface area (Å²) in [5.74, 6) is -0.826. The second-order valence-electron chi connectivity index (χ2n) is 9.52. The van der Waals surface area contributed by atoms with Crippen molar-refractivity contribution in [2.24, 2.45) is 5.11 Å². The molecular formula is C26H32N8O2. The fraction of sp³-hybridized carbons (Fsp3) is 0.346. The number of rotatable bonds is 8. The van der Waals surface area contributed by atoms with Crippen molar-refractivity contribution in [1.82, 2.24) is 25.5 Å². The lowest BCUT2D eigenvalue weighted by Crippen LogP contribution is -2.43. The summed E-state index contributed by atoms with van der Waals surface area (Å²) in [7, 11) is 0. The Kier molecular flexibility index (Phi) is 7.44. The highest BCUT2D eigenvalue weighted by molar-refractivity contribution is 6.05. The van der Waals surface area contributed by atoms with E-state index in [1.165, 1.54) is 12.6 Å². The van der Waals surface area contributed by atoms with Gasteiger partial charge < -0.3 is 20.9 Å². The first-order chi connectivity index (χ1) is 17.3. The van der Waals surface area contributed by atoms with Crippen LogP contribution in [0.4, 0.5) is 5.69 Å². The molecule has 10 nitrogen and oxygen atoms in total. The van der Waals surface area contributed by atoms with Crippen molar-refractivity contribution in [2.75, 3.05) is 25.0 Å². The lowest BCUT2D eigenvalue weighted by molar-refractivity contribution is -0.113. The molecule has 0 unspecified atom stereocenters. The second kappa shape index (κ2) is 10.7. The number of aromatic nitrogens is 2. The van der Waals surface area contributed by atoms with Crippen LogP contribution in [0.1, 0.15) is 48.3 Å². The first-order valence-electron chi connectivity index (χ1n) is 12.0. The molecule has 10 heteroatoms. The third-order valence-corrected chi connectivity index (χ3v) is 6.66. The minimum atomic E-state index is -0.575. The van der Waals surface area contributed by atoms with E-state index in [0.29, 0.717) is 29.2 Å². The largest absolute Gasteiger partial charge is 0.367 e. The normalized spacial score (nSPS) is 18.2. The van der Waals surface area contributed by atoms with Crippen LogP contribution < -0.4 is 16.0 Å². The molecule has 0 aromatic carbocycles. The lowest BCUT2D eigenvalue weighted by atomic mass is 10.0. The molecule has 4 heterocycles. The number of hydrogen-bond acceptors (Lipinski definition) is 7. The Morgan fingerprint density at radius 1 is 1.31 bits per heavy atom. The molecule has 0 spiro atoms. The Morgan fingerprint density at radius 2 is 2.14 bits per heavy atom. The van der Waals surface area contributed by atoms with Gasteiger partial charge in [0.05, 0.1) is 22.6 Å². The smallest absolute Gasteiger partial charge is 0.278 e. The van der Waals surface area contributed by atoms with Gasteiger partial charge >= 0.3 is 0 Å². The van der Waals surface area contributed by atoms with Crippen molar-refractivity contribution in [2.45, 2.75) is 39.2 Å². The van der Waals surface area contributed by atoms with Gasteiger partial charge in [0.25, 0.3) is 11.8 Å². The van der Waals surface area contributed by atoms with Crippen molar-refractivity contribution < 1.29 is 9.59 Å². The molecule has 0 atom stereocenters. The third-order valence-electron chi connectivity index (χ3n) is 6.66. The zero-order valence-electron chi connectivity index (χ0n) is 20.8. The van der Waals surface area contributed by atoms with Gasteiger partial charge in [0, 0.05) is 49.0 Å². The number of aromatic amines is 1. The molecule has 2 aliphatic heterocycles. The van der Waals surface area contributed by atoms with Crippen LogP contribution >= 0.6 is 0 Å². The Balaban J connectivity index is 1.40. The SMILES string of the molecule is Cc1ncc(C(=O)NCCN2CCCC2(C)C)cc1NC(=O)/C(N=N)=C1\C=CC(c2cc[nH]c2)=CN1. The summed E-state index contributed by atoms with van der Waals surface area (Å²) in [6, 6.07) is 3.52. The van der Waals surface area contributed by atoms with Gasteiger partial charge in [-0.3, -0.25) is 19.5 Å². The number of carbonyl (C=O) groups excluding carboxylic acids is 2. The van der Waals surface area contributed by atoms with Crippen molar-refractivity contribution in [1.29, 1.82) is 5.53 Å². The molecule has 0 radical (unpaired) electrons. The molecule has 2 aromatic rings. The molecule has 1 saturated heterocycles. The predicted molar refractivity (Wildman–Crippen MR) is 138 cm³/mol. The Bertz CT molecular complexity index is 1240. The van der Waals surface area contributed by atoms with Gasteiger partial charge in [-0.2, -0.15) is 5.11 Å². The minimum Gasteiger partial charge on any atom is -0.367 e. The number of H-pyrrole nitrogens is 1. The zero-order valence-corrected chi connectivity index (χ0v) is 20.8. The highest BCUT2D eigenvalue weighted by atomic mass is 16.2. The fourth-order valence-electron chi connectivity index (χ4n) is 4.44. The number of likely N-dealkylation sites (tertiary alicyclic amines) is 1. The summed E-state index contributed by atoms with van der Waals surface area (Å²) in [5.41, 5.74) is 11.2. The quantitative estimate of drug-likeness (QED) is 0.285. The van der Waals surface area contributed by atoms with Gasteiger partial charge in [-0.1, -0.05) is 6.08 Å². The number of nitrogens with one attached hydrogen (secondary N) is 5. The molecule has 2 amide bonds.